The van der Waals surface area contributed by atoms with E-state index >= 15 is 0 Å². The van der Waals surface area contributed by atoms with Crippen LogP contribution < -0.4 is 5.32 Å². The minimum Gasteiger partial charge on any atom is -0.350 e. The number of carbonyl (C=O) groups is 2. The van der Waals surface area contributed by atoms with E-state index in [2.05, 4.69) is 21.2 Å². The van der Waals surface area contributed by atoms with Gasteiger partial charge in [-0.15, -0.1) is 0 Å². The SMILES string of the molecule is Cc1ccc(Br)c(C(=O)N(C)CC(=O)NC(C)(C)C)c1. The van der Waals surface area contributed by atoms with Crippen molar-refractivity contribution in [3.63, 3.8) is 0 Å². The van der Waals surface area contributed by atoms with Gasteiger partial charge in [-0.3, -0.25) is 9.59 Å². The molecule has 0 unspecified atom stereocenters. The van der Waals surface area contributed by atoms with Crippen molar-refractivity contribution >= 4 is 27.7 Å². The molecule has 0 atom stereocenters. The number of rotatable bonds is 3. The summed E-state index contributed by atoms with van der Waals surface area (Å²) in [6.07, 6.45) is 0. The van der Waals surface area contributed by atoms with Gasteiger partial charge in [-0.05, 0) is 55.8 Å². The standard InChI is InChI=1S/C15H21BrN2O2/c1-10-6-7-12(16)11(8-10)14(20)18(5)9-13(19)17-15(2,3)4/h6-8H,9H2,1-5H3,(H,17,19). The van der Waals surface area contributed by atoms with Gasteiger partial charge < -0.3 is 10.2 Å². The molecule has 0 aliphatic carbocycles. The number of carbonyl (C=O) groups excluding carboxylic acids is 2. The number of aryl methyl sites for hydroxylation is 1. The molecule has 1 N–H and O–H groups in total. The zero-order valence-corrected chi connectivity index (χ0v) is 14.2. The molecular weight excluding hydrogens is 320 g/mol. The lowest BCUT2D eigenvalue weighted by Gasteiger charge is -2.23. The summed E-state index contributed by atoms with van der Waals surface area (Å²) in [5, 5.41) is 2.84. The van der Waals surface area contributed by atoms with Crippen LogP contribution in [0.5, 0.6) is 0 Å². The topological polar surface area (TPSA) is 49.4 Å². The first-order chi connectivity index (χ1) is 9.10. The quantitative estimate of drug-likeness (QED) is 0.919. The molecule has 1 aromatic carbocycles. The highest BCUT2D eigenvalue weighted by atomic mass is 79.9. The number of nitrogens with one attached hydrogen (secondary N) is 1. The predicted molar refractivity (Wildman–Crippen MR) is 83.7 cm³/mol. The van der Waals surface area contributed by atoms with Crippen molar-refractivity contribution in [2.45, 2.75) is 33.2 Å². The summed E-state index contributed by atoms with van der Waals surface area (Å²) in [5.74, 6) is -0.346. The Kier molecular flexibility index (Phi) is 5.34. The number of nitrogens with zero attached hydrogens (tertiary/aromatic N) is 1. The largest absolute Gasteiger partial charge is 0.350 e. The highest BCUT2D eigenvalue weighted by molar-refractivity contribution is 9.10. The second-order valence-corrected chi connectivity index (χ2v) is 6.80. The van der Waals surface area contributed by atoms with Crippen LogP contribution in [0, 0.1) is 6.92 Å². The molecule has 0 aliphatic heterocycles. The highest BCUT2D eigenvalue weighted by Gasteiger charge is 2.20. The Balaban J connectivity index is 2.77. The molecule has 0 heterocycles. The van der Waals surface area contributed by atoms with Gasteiger partial charge in [0.15, 0.2) is 0 Å². The molecule has 0 saturated heterocycles. The van der Waals surface area contributed by atoms with E-state index in [1.807, 2.05) is 45.9 Å². The van der Waals surface area contributed by atoms with Crippen molar-refractivity contribution in [2.24, 2.45) is 0 Å². The summed E-state index contributed by atoms with van der Waals surface area (Å²) in [5.41, 5.74) is 1.27. The second-order valence-electron chi connectivity index (χ2n) is 5.94. The van der Waals surface area contributed by atoms with Gasteiger partial charge >= 0.3 is 0 Å². The fraction of sp³-hybridized carbons (Fsp3) is 0.467. The third kappa shape index (κ3) is 4.96. The molecule has 110 valence electrons. The predicted octanol–water partition coefficient (Wildman–Crippen LogP) is 2.74. The van der Waals surface area contributed by atoms with Crippen molar-refractivity contribution in [2.75, 3.05) is 13.6 Å². The van der Waals surface area contributed by atoms with Gasteiger partial charge in [0.2, 0.25) is 5.91 Å². The first-order valence-corrected chi connectivity index (χ1v) is 7.22. The number of benzene rings is 1. The maximum Gasteiger partial charge on any atom is 0.255 e. The van der Waals surface area contributed by atoms with E-state index < -0.39 is 0 Å². The molecule has 1 aromatic rings. The Bertz CT molecular complexity index is 521. The average molecular weight is 341 g/mol. The summed E-state index contributed by atoms with van der Waals surface area (Å²) in [7, 11) is 1.62. The Morgan fingerprint density at radius 1 is 1.30 bits per heavy atom. The third-order valence-corrected chi connectivity index (χ3v) is 3.29. The van der Waals surface area contributed by atoms with Gasteiger partial charge in [-0.1, -0.05) is 11.6 Å². The minimum absolute atomic E-state index is 0.0382. The van der Waals surface area contributed by atoms with E-state index in [9.17, 15) is 9.59 Å². The van der Waals surface area contributed by atoms with Crippen molar-refractivity contribution in [1.82, 2.24) is 10.2 Å². The smallest absolute Gasteiger partial charge is 0.255 e. The zero-order chi connectivity index (χ0) is 15.5. The molecule has 0 saturated carbocycles. The van der Waals surface area contributed by atoms with Gasteiger partial charge in [0.25, 0.3) is 5.91 Å². The van der Waals surface area contributed by atoms with E-state index in [0.717, 1.165) is 10.0 Å². The van der Waals surface area contributed by atoms with Crippen LogP contribution in [0.4, 0.5) is 0 Å². The molecule has 0 bridgehead atoms. The van der Waals surface area contributed by atoms with E-state index in [0.29, 0.717) is 5.56 Å². The highest BCUT2D eigenvalue weighted by Crippen LogP contribution is 2.19. The number of hydrogen-bond donors (Lipinski definition) is 1. The van der Waals surface area contributed by atoms with Crippen molar-refractivity contribution in [1.29, 1.82) is 0 Å². The monoisotopic (exact) mass is 340 g/mol. The summed E-state index contributed by atoms with van der Waals surface area (Å²) < 4.78 is 0.733. The number of halogens is 1. The molecule has 4 nitrogen and oxygen atoms in total. The van der Waals surface area contributed by atoms with Crippen LogP contribution in [0.1, 0.15) is 36.7 Å². The van der Waals surface area contributed by atoms with Crippen LogP contribution in [-0.2, 0) is 4.79 Å². The molecule has 0 aliphatic rings. The molecule has 0 spiro atoms. The number of hydrogen-bond acceptors (Lipinski definition) is 2. The maximum atomic E-state index is 12.3. The molecule has 0 aromatic heterocycles. The lowest BCUT2D eigenvalue weighted by Crippen LogP contribution is -2.46. The van der Waals surface area contributed by atoms with E-state index in [1.54, 1.807) is 7.05 Å². The fourth-order valence-corrected chi connectivity index (χ4v) is 2.17. The van der Waals surface area contributed by atoms with Gasteiger partial charge in [-0.2, -0.15) is 0 Å². The lowest BCUT2D eigenvalue weighted by molar-refractivity contribution is -0.122. The van der Waals surface area contributed by atoms with Crippen LogP contribution in [-0.4, -0.2) is 35.8 Å². The van der Waals surface area contributed by atoms with Gasteiger partial charge in [0.1, 0.15) is 0 Å². The van der Waals surface area contributed by atoms with E-state index in [1.165, 1.54) is 4.90 Å². The normalized spacial score (nSPS) is 11.1. The lowest BCUT2D eigenvalue weighted by atomic mass is 10.1. The fourth-order valence-electron chi connectivity index (χ4n) is 1.75. The van der Waals surface area contributed by atoms with Crippen LogP contribution in [0.25, 0.3) is 0 Å². The van der Waals surface area contributed by atoms with Crippen LogP contribution in [0.3, 0.4) is 0 Å². The summed E-state index contributed by atoms with van der Waals surface area (Å²) in [6, 6.07) is 5.57. The van der Waals surface area contributed by atoms with Gasteiger partial charge in [0.05, 0.1) is 12.1 Å². The molecule has 1 rings (SSSR count). The summed E-state index contributed by atoms with van der Waals surface area (Å²) in [6.45, 7) is 7.68. The molecule has 0 fully saturated rings. The maximum absolute atomic E-state index is 12.3. The molecule has 20 heavy (non-hydrogen) atoms. The van der Waals surface area contributed by atoms with Crippen molar-refractivity contribution in [3.8, 4) is 0 Å². The number of likely N-dealkylation sites (N-methyl/N-ethyl adjacent to an activating group) is 1. The Morgan fingerprint density at radius 3 is 2.45 bits per heavy atom. The molecule has 0 radical (unpaired) electrons. The van der Waals surface area contributed by atoms with Crippen LogP contribution >= 0.6 is 15.9 Å². The minimum atomic E-state index is -0.301. The Labute approximate surface area is 128 Å². The molecule has 2 amide bonds. The van der Waals surface area contributed by atoms with E-state index in [-0.39, 0.29) is 23.9 Å². The van der Waals surface area contributed by atoms with Crippen LogP contribution in [0.15, 0.2) is 22.7 Å². The van der Waals surface area contributed by atoms with E-state index in [4.69, 9.17) is 0 Å². The molecule has 5 heteroatoms. The van der Waals surface area contributed by atoms with Crippen molar-refractivity contribution < 1.29 is 9.59 Å². The van der Waals surface area contributed by atoms with Crippen LogP contribution in [0.2, 0.25) is 0 Å². The summed E-state index contributed by atoms with van der Waals surface area (Å²) >= 11 is 3.37. The summed E-state index contributed by atoms with van der Waals surface area (Å²) in [4.78, 5) is 25.6. The van der Waals surface area contributed by atoms with Crippen molar-refractivity contribution in [3.05, 3.63) is 33.8 Å². The first kappa shape index (κ1) is 16.7. The van der Waals surface area contributed by atoms with Gasteiger partial charge in [-0.25, -0.2) is 0 Å². The Hall–Kier alpha value is -1.36. The molecular formula is C15H21BrN2O2. The zero-order valence-electron chi connectivity index (χ0n) is 12.6. The Morgan fingerprint density at radius 2 is 1.90 bits per heavy atom. The average Bonchev–Trinajstić information content (AvgIpc) is 2.28. The number of amides is 2. The first-order valence-electron chi connectivity index (χ1n) is 6.43. The van der Waals surface area contributed by atoms with Gasteiger partial charge in [0, 0.05) is 17.1 Å². The second kappa shape index (κ2) is 6.39. The third-order valence-electron chi connectivity index (χ3n) is 2.59.